The van der Waals surface area contributed by atoms with Gasteiger partial charge in [0.25, 0.3) is 0 Å². The Hall–Kier alpha value is -1.67. The first kappa shape index (κ1) is 16.4. The van der Waals surface area contributed by atoms with Crippen LogP contribution in [-0.2, 0) is 14.8 Å². The van der Waals surface area contributed by atoms with Crippen LogP contribution < -0.4 is 15.8 Å². The van der Waals surface area contributed by atoms with Gasteiger partial charge in [0.15, 0.2) is 0 Å². The molecule has 0 saturated heterocycles. The zero-order valence-corrected chi connectivity index (χ0v) is 12.1. The Morgan fingerprint density at radius 3 is 2.60 bits per heavy atom. The number of sulfonamides is 1. The van der Waals surface area contributed by atoms with Crippen molar-refractivity contribution in [3.8, 4) is 0 Å². The fourth-order valence-electron chi connectivity index (χ4n) is 1.51. The molecule has 1 aromatic carbocycles. The molecule has 0 atom stereocenters. The third-order valence-electron chi connectivity index (χ3n) is 2.34. The van der Waals surface area contributed by atoms with E-state index in [0.717, 1.165) is 12.1 Å². The fourth-order valence-corrected chi connectivity index (χ4v) is 2.59. The molecule has 6 nitrogen and oxygen atoms in total. The van der Waals surface area contributed by atoms with Gasteiger partial charge in [0.05, 0.1) is 0 Å². The Morgan fingerprint density at radius 2 is 2.05 bits per heavy atom. The van der Waals surface area contributed by atoms with E-state index in [9.17, 15) is 17.6 Å². The number of nitrogens with two attached hydrogens (primary N) is 1. The lowest BCUT2D eigenvalue weighted by atomic mass is 10.3. The first-order chi connectivity index (χ1) is 9.22. The summed E-state index contributed by atoms with van der Waals surface area (Å²) in [4.78, 5) is 10.9. The van der Waals surface area contributed by atoms with Crippen molar-refractivity contribution in [1.29, 1.82) is 0 Å². The molecule has 0 spiro atoms. The largest absolute Gasteiger partial charge is 0.399 e. The lowest BCUT2D eigenvalue weighted by Gasteiger charge is -2.10. The molecular formula is C12H18FN3O3S. The number of carbonyl (C=O) groups excluding carboxylic acids is 1. The van der Waals surface area contributed by atoms with Crippen LogP contribution >= 0.6 is 0 Å². The normalized spacial score (nSPS) is 11.6. The minimum absolute atomic E-state index is 0.0198. The molecule has 112 valence electrons. The van der Waals surface area contributed by atoms with Crippen LogP contribution in [0.2, 0.25) is 0 Å². The van der Waals surface area contributed by atoms with Gasteiger partial charge in [-0.25, -0.2) is 17.5 Å². The van der Waals surface area contributed by atoms with Crippen LogP contribution in [0.1, 0.15) is 20.3 Å². The lowest BCUT2D eigenvalue weighted by molar-refractivity contribution is -0.121. The smallest absolute Gasteiger partial charge is 0.243 e. The van der Waals surface area contributed by atoms with Crippen molar-refractivity contribution in [2.45, 2.75) is 31.2 Å². The van der Waals surface area contributed by atoms with Crippen molar-refractivity contribution in [3.63, 3.8) is 0 Å². The van der Waals surface area contributed by atoms with E-state index in [2.05, 4.69) is 10.0 Å². The van der Waals surface area contributed by atoms with Gasteiger partial charge in [-0.3, -0.25) is 4.79 Å². The van der Waals surface area contributed by atoms with Crippen LogP contribution in [0.4, 0.5) is 10.1 Å². The number of amides is 1. The van der Waals surface area contributed by atoms with E-state index in [0.29, 0.717) is 0 Å². The number of nitrogen functional groups attached to an aromatic ring is 1. The number of carbonyl (C=O) groups is 1. The highest BCUT2D eigenvalue weighted by molar-refractivity contribution is 7.89. The molecule has 20 heavy (non-hydrogen) atoms. The van der Waals surface area contributed by atoms with Crippen molar-refractivity contribution in [3.05, 3.63) is 24.0 Å². The first-order valence-corrected chi connectivity index (χ1v) is 7.55. The summed E-state index contributed by atoms with van der Waals surface area (Å²) in [6, 6.07) is 3.29. The molecule has 1 rings (SSSR count). The van der Waals surface area contributed by atoms with Gasteiger partial charge < -0.3 is 11.1 Å². The molecule has 0 aromatic heterocycles. The second-order valence-electron chi connectivity index (χ2n) is 4.56. The molecule has 0 aliphatic carbocycles. The molecule has 0 radical (unpaired) electrons. The molecule has 8 heteroatoms. The van der Waals surface area contributed by atoms with Gasteiger partial charge in [-0.1, -0.05) is 0 Å². The van der Waals surface area contributed by atoms with Crippen molar-refractivity contribution in [1.82, 2.24) is 10.0 Å². The highest BCUT2D eigenvalue weighted by atomic mass is 32.2. The summed E-state index contributed by atoms with van der Waals surface area (Å²) in [6.07, 6.45) is -0.0198. The second kappa shape index (κ2) is 6.67. The Kier molecular flexibility index (Phi) is 5.46. The van der Waals surface area contributed by atoms with Crippen molar-refractivity contribution in [2.75, 3.05) is 12.3 Å². The van der Waals surface area contributed by atoms with Crippen LogP contribution in [0.15, 0.2) is 23.1 Å². The monoisotopic (exact) mass is 303 g/mol. The molecule has 0 saturated carbocycles. The maximum absolute atomic E-state index is 13.5. The third kappa shape index (κ3) is 4.78. The topological polar surface area (TPSA) is 101 Å². The molecule has 1 aromatic rings. The van der Waals surface area contributed by atoms with Gasteiger partial charge in [0.1, 0.15) is 10.7 Å². The van der Waals surface area contributed by atoms with Crippen molar-refractivity contribution < 1.29 is 17.6 Å². The summed E-state index contributed by atoms with van der Waals surface area (Å²) in [5.74, 6) is -1.20. The van der Waals surface area contributed by atoms with Crippen molar-refractivity contribution in [2.24, 2.45) is 0 Å². The zero-order valence-electron chi connectivity index (χ0n) is 11.3. The number of hydrogen-bond donors (Lipinski definition) is 3. The first-order valence-electron chi connectivity index (χ1n) is 6.06. The average Bonchev–Trinajstić information content (AvgIpc) is 2.26. The molecule has 1 amide bonds. The molecule has 4 N–H and O–H groups in total. The van der Waals surface area contributed by atoms with Crippen LogP contribution in [0.5, 0.6) is 0 Å². The highest BCUT2D eigenvalue weighted by Gasteiger charge is 2.19. The number of hydrogen-bond acceptors (Lipinski definition) is 4. The van der Waals surface area contributed by atoms with Gasteiger partial charge in [0, 0.05) is 24.7 Å². The van der Waals surface area contributed by atoms with E-state index < -0.39 is 20.7 Å². The Bertz CT molecular complexity index is 588. The van der Waals surface area contributed by atoms with Crippen LogP contribution in [0.3, 0.4) is 0 Å². The molecule has 0 heterocycles. The predicted octanol–water partition coefficient (Wildman–Crippen LogP) is 0.601. The van der Waals surface area contributed by atoms with E-state index in [1.54, 1.807) is 13.8 Å². The van der Waals surface area contributed by atoms with E-state index in [-0.39, 0.29) is 30.6 Å². The number of nitrogens with one attached hydrogen (secondary N) is 2. The van der Waals surface area contributed by atoms with E-state index >= 15 is 0 Å². The maximum Gasteiger partial charge on any atom is 0.243 e. The minimum Gasteiger partial charge on any atom is -0.399 e. The third-order valence-corrected chi connectivity index (χ3v) is 3.83. The predicted molar refractivity (Wildman–Crippen MR) is 73.9 cm³/mol. The van der Waals surface area contributed by atoms with Gasteiger partial charge in [-0.05, 0) is 32.0 Å². The molecule has 0 aliphatic rings. The summed E-state index contributed by atoms with van der Waals surface area (Å²) in [7, 11) is -3.99. The quantitative estimate of drug-likeness (QED) is 0.670. The average molecular weight is 303 g/mol. The van der Waals surface area contributed by atoms with Gasteiger partial charge in [-0.2, -0.15) is 0 Å². The Morgan fingerprint density at radius 1 is 1.40 bits per heavy atom. The summed E-state index contributed by atoms with van der Waals surface area (Å²) >= 11 is 0. The maximum atomic E-state index is 13.5. The van der Waals surface area contributed by atoms with Crippen LogP contribution in [-0.4, -0.2) is 26.9 Å². The molecule has 0 bridgehead atoms. The molecule has 0 aliphatic heterocycles. The SMILES string of the molecule is CC(C)NC(=O)CCNS(=O)(=O)c1ccc(N)cc1F. The number of rotatable bonds is 6. The van der Waals surface area contributed by atoms with Gasteiger partial charge >= 0.3 is 0 Å². The van der Waals surface area contributed by atoms with Crippen LogP contribution in [0, 0.1) is 5.82 Å². The molecule has 0 unspecified atom stereocenters. The van der Waals surface area contributed by atoms with Gasteiger partial charge in [0.2, 0.25) is 15.9 Å². The summed E-state index contributed by atoms with van der Waals surface area (Å²) in [6.45, 7) is 3.49. The van der Waals surface area contributed by atoms with Gasteiger partial charge in [-0.15, -0.1) is 0 Å². The molecular weight excluding hydrogens is 285 g/mol. The zero-order chi connectivity index (χ0) is 15.3. The summed E-state index contributed by atoms with van der Waals surface area (Å²) in [5.41, 5.74) is 5.49. The summed E-state index contributed by atoms with van der Waals surface area (Å²) in [5, 5.41) is 2.62. The highest BCUT2D eigenvalue weighted by Crippen LogP contribution is 2.16. The standard InChI is InChI=1S/C12H18FN3O3S/c1-8(2)16-12(17)5-6-15-20(18,19)11-4-3-9(14)7-10(11)13/h3-4,7-8,15H,5-6,14H2,1-2H3,(H,16,17). The summed E-state index contributed by atoms with van der Waals surface area (Å²) < 4.78 is 39.4. The van der Waals surface area contributed by atoms with E-state index in [1.165, 1.54) is 6.07 Å². The molecule has 0 fully saturated rings. The van der Waals surface area contributed by atoms with E-state index in [4.69, 9.17) is 5.73 Å². The Labute approximate surface area is 117 Å². The van der Waals surface area contributed by atoms with E-state index in [1.807, 2.05) is 0 Å². The van der Waals surface area contributed by atoms with Crippen LogP contribution in [0.25, 0.3) is 0 Å². The Balaban J connectivity index is 2.64. The number of anilines is 1. The number of benzene rings is 1. The minimum atomic E-state index is -3.99. The van der Waals surface area contributed by atoms with Crippen molar-refractivity contribution >= 4 is 21.6 Å². The number of halogens is 1. The lowest BCUT2D eigenvalue weighted by Crippen LogP contribution is -2.34. The fraction of sp³-hybridized carbons (Fsp3) is 0.417. The second-order valence-corrected chi connectivity index (χ2v) is 6.30.